The zero-order chi connectivity index (χ0) is 11.7. The van der Waals surface area contributed by atoms with Crippen molar-refractivity contribution >= 4 is 27.9 Å². The van der Waals surface area contributed by atoms with E-state index in [9.17, 15) is 0 Å². The predicted octanol–water partition coefficient (Wildman–Crippen LogP) is 4.52. The number of hydrogen-bond acceptors (Lipinski definition) is 2. The lowest BCUT2D eigenvalue weighted by molar-refractivity contribution is 0.743. The molecule has 0 heterocycles. The van der Waals surface area contributed by atoms with Crippen LogP contribution in [0.1, 0.15) is 27.7 Å². The number of nitrogens with zero attached hydrogens (tertiary/aromatic N) is 1. The van der Waals surface area contributed by atoms with Gasteiger partial charge >= 0.3 is 0 Å². The van der Waals surface area contributed by atoms with E-state index in [1.165, 1.54) is 36.9 Å². The SMILES string of the molecule is CCP(CC)N(CCSC)P(CC)CC. The quantitative estimate of drug-likeness (QED) is 0.565. The number of hydrogen-bond donors (Lipinski definition) is 0. The van der Waals surface area contributed by atoms with Crippen molar-refractivity contribution in [1.29, 1.82) is 0 Å². The molecule has 4 heteroatoms. The zero-order valence-electron chi connectivity index (χ0n) is 11.0. The summed E-state index contributed by atoms with van der Waals surface area (Å²) in [5.74, 6) is 1.30. The fourth-order valence-electron chi connectivity index (χ4n) is 1.73. The predicted molar refractivity (Wildman–Crippen MR) is 81.1 cm³/mol. The van der Waals surface area contributed by atoms with Crippen molar-refractivity contribution in [3.8, 4) is 0 Å². The van der Waals surface area contributed by atoms with Crippen LogP contribution in [0, 0.1) is 0 Å². The molecule has 0 aliphatic carbocycles. The Kier molecular flexibility index (Phi) is 11.1. The van der Waals surface area contributed by atoms with Gasteiger partial charge in [0, 0.05) is 12.3 Å². The lowest BCUT2D eigenvalue weighted by atomic mass is 10.8. The van der Waals surface area contributed by atoms with Gasteiger partial charge in [0.15, 0.2) is 0 Å². The van der Waals surface area contributed by atoms with Crippen LogP contribution in [0.3, 0.4) is 0 Å². The maximum absolute atomic E-state index is 2.88. The van der Waals surface area contributed by atoms with Crippen LogP contribution in [0.2, 0.25) is 0 Å². The molecule has 92 valence electrons. The summed E-state index contributed by atoms with van der Waals surface area (Å²) in [6.45, 7) is 10.8. The summed E-state index contributed by atoms with van der Waals surface area (Å²) in [5.41, 5.74) is 0. The number of thioether (sulfide) groups is 1. The average Bonchev–Trinajstić information content (AvgIpc) is 2.28. The van der Waals surface area contributed by atoms with Crippen molar-refractivity contribution in [1.82, 2.24) is 4.44 Å². The Labute approximate surface area is 103 Å². The third-order valence-electron chi connectivity index (χ3n) is 2.61. The summed E-state index contributed by atoms with van der Waals surface area (Å²) < 4.78 is 2.88. The Balaban J connectivity index is 4.38. The molecule has 0 aromatic rings. The Morgan fingerprint density at radius 1 is 0.867 bits per heavy atom. The Hall–Kier alpha value is 1.17. The highest BCUT2D eigenvalue weighted by Crippen LogP contribution is 2.55. The third-order valence-corrected chi connectivity index (χ3v) is 9.34. The van der Waals surface area contributed by atoms with Crippen molar-refractivity contribution in [3.63, 3.8) is 0 Å². The zero-order valence-corrected chi connectivity index (χ0v) is 13.6. The van der Waals surface area contributed by atoms with Gasteiger partial charge in [-0.2, -0.15) is 11.8 Å². The first-order valence-electron chi connectivity index (χ1n) is 6.01. The normalized spacial score (nSPS) is 12.0. The van der Waals surface area contributed by atoms with Crippen LogP contribution in [0.25, 0.3) is 0 Å². The molecule has 0 rings (SSSR count). The van der Waals surface area contributed by atoms with E-state index >= 15 is 0 Å². The molecule has 0 saturated heterocycles. The summed E-state index contributed by atoms with van der Waals surface area (Å²) in [5, 5.41) is 0. The van der Waals surface area contributed by atoms with E-state index < -0.39 is 0 Å². The van der Waals surface area contributed by atoms with Gasteiger partial charge in [-0.05, 0) is 47.0 Å². The molecule has 0 N–H and O–H groups in total. The van der Waals surface area contributed by atoms with Crippen LogP contribution in [-0.4, -0.2) is 47.6 Å². The van der Waals surface area contributed by atoms with E-state index in [0.29, 0.717) is 0 Å². The van der Waals surface area contributed by atoms with Gasteiger partial charge in [-0.15, -0.1) is 0 Å². The smallest absolute Gasteiger partial charge is 0.0153 e. The van der Waals surface area contributed by atoms with Gasteiger partial charge in [-0.3, -0.25) is 4.44 Å². The van der Waals surface area contributed by atoms with Crippen LogP contribution in [0.4, 0.5) is 0 Å². The molecule has 0 saturated carbocycles. The van der Waals surface area contributed by atoms with Crippen LogP contribution in [0.5, 0.6) is 0 Å². The van der Waals surface area contributed by atoms with E-state index in [2.05, 4.69) is 38.4 Å². The van der Waals surface area contributed by atoms with Crippen LogP contribution >= 0.6 is 27.9 Å². The van der Waals surface area contributed by atoms with Crippen molar-refractivity contribution in [2.75, 3.05) is 43.2 Å². The van der Waals surface area contributed by atoms with Gasteiger partial charge in [0.25, 0.3) is 0 Å². The first-order valence-corrected chi connectivity index (χ1v) is 10.7. The van der Waals surface area contributed by atoms with Gasteiger partial charge in [0.05, 0.1) is 0 Å². The Morgan fingerprint density at radius 2 is 1.27 bits per heavy atom. The Bertz CT molecular complexity index is 127. The molecule has 0 spiro atoms. The second-order valence-electron chi connectivity index (χ2n) is 3.37. The van der Waals surface area contributed by atoms with Crippen molar-refractivity contribution in [2.45, 2.75) is 27.7 Å². The number of rotatable bonds is 9. The second-order valence-corrected chi connectivity index (χ2v) is 10.2. The standard InChI is InChI=1S/C11H27NP2S/c1-6-13(7-2)12(10-11-15-5)14(8-3)9-4/h6-11H2,1-5H3. The molecule has 0 radical (unpaired) electrons. The Morgan fingerprint density at radius 3 is 1.53 bits per heavy atom. The topological polar surface area (TPSA) is 3.24 Å². The highest BCUT2D eigenvalue weighted by atomic mass is 32.2. The summed E-state index contributed by atoms with van der Waals surface area (Å²) in [6.07, 6.45) is 7.72. The van der Waals surface area contributed by atoms with Gasteiger partial charge in [-0.1, -0.05) is 27.7 Å². The van der Waals surface area contributed by atoms with E-state index in [-0.39, 0.29) is 16.1 Å². The summed E-state index contributed by atoms with van der Waals surface area (Å²) in [4.78, 5) is 0. The maximum Gasteiger partial charge on any atom is 0.0153 e. The van der Waals surface area contributed by atoms with Crippen LogP contribution < -0.4 is 0 Å². The molecule has 0 aliphatic rings. The molecule has 0 amide bonds. The van der Waals surface area contributed by atoms with Crippen molar-refractivity contribution in [2.24, 2.45) is 0 Å². The molecule has 0 fully saturated rings. The van der Waals surface area contributed by atoms with Crippen LogP contribution in [0.15, 0.2) is 0 Å². The van der Waals surface area contributed by atoms with E-state index in [4.69, 9.17) is 0 Å². The highest BCUT2D eigenvalue weighted by molar-refractivity contribution is 7.98. The fraction of sp³-hybridized carbons (Fsp3) is 1.00. The fourth-order valence-corrected chi connectivity index (χ4v) is 8.29. The monoisotopic (exact) mass is 267 g/mol. The molecular formula is C11H27NP2S. The molecule has 15 heavy (non-hydrogen) atoms. The molecule has 0 aromatic heterocycles. The van der Waals surface area contributed by atoms with Gasteiger partial charge in [0.1, 0.15) is 0 Å². The summed E-state index contributed by atoms with van der Waals surface area (Å²) in [7, 11) is 0.333. The average molecular weight is 267 g/mol. The van der Waals surface area contributed by atoms with E-state index in [1.807, 2.05) is 11.8 Å². The van der Waals surface area contributed by atoms with E-state index in [1.54, 1.807) is 0 Å². The summed E-state index contributed by atoms with van der Waals surface area (Å²) in [6, 6.07) is 0. The molecule has 0 aliphatic heterocycles. The van der Waals surface area contributed by atoms with Gasteiger partial charge in [0.2, 0.25) is 0 Å². The molecule has 1 nitrogen and oxygen atoms in total. The molecular weight excluding hydrogens is 240 g/mol. The maximum atomic E-state index is 2.88. The highest BCUT2D eigenvalue weighted by Gasteiger charge is 2.20. The lowest BCUT2D eigenvalue weighted by Crippen LogP contribution is -2.19. The molecule has 0 atom stereocenters. The van der Waals surface area contributed by atoms with Crippen LogP contribution in [-0.2, 0) is 0 Å². The molecule has 0 aromatic carbocycles. The van der Waals surface area contributed by atoms with Crippen molar-refractivity contribution < 1.29 is 0 Å². The largest absolute Gasteiger partial charge is 0.259 e. The lowest BCUT2D eigenvalue weighted by Gasteiger charge is -2.36. The first kappa shape index (κ1) is 16.2. The van der Waals surface area contributed by atoms with E-state index in [0.717, 1.165) is 0 Å². The minimum absolute atomic E-state index is 0.167. The van der Waals surface area contributed by atoms with Gasteiger partial charge in [-0.25, -0.2) is 0 Å². The minimum atomic E-state index is 0.167. The molecule has 0 bridgehead atoms. The second kappa shape index (κ2) is 10.3. The first-order chi connectivity index (χ1) is 7.24. The van der Waals surface area contributed by atoms with Gasteiger partial charge < -0.3 is 0 Å². The minimum Gasteiger partial charge on any atom is -0.259 e. The molecule has 0 unspecified atom stereocenters. The van der Waals surface area contributed by atoms with Crippen molar-refractivity contribution in [3.05, 3.63) is 0 Å². The third kappa shape index (κ3) is 5.87. The summed E-state index contributed by atoms with van der Waals surface area (Å²) >= 11 is 1.99.